The van der Waals surface area contributed by atoms with E-state index < -0.39 is 11.9 Å². The monoisotopic (exact) mass is 552 g/mol. The van der Waals surface area contributed by atoms with E-state index in [4.69, 9.17) is 20.9 Å². The van der Waals surface area contributed by atoms with Crippen LogP contribution in [0.25, 0.3) is 22.1 Å². The van der Waals surface area contributed by atoms with Gasteiger partial charge in [0.15, 0.2) is 11.4 Å². The molecule has 0 spiro atoms. The highest BCUT2D eigenvalue weighted by atomic mass is 16.5. The largest absolute Gasteiger partial charge is 0.461 e. The molecular formula is C28H40N8O4. The molecule has 4 aromatic heterocycles. The third kappa shape index (κ3) is 8.55. The van der Waals surface area contributed by atoms with Crippen molar-refractivity contribution in [1.29, 1.82) is 0 Å². The molecule has 40 heavy (non-hydrogen) atoms. The molecule has 0 radical (unpaired) electrons. The topological polar surface area (TPSA) is 166 Å². The van der Waals surface area contributed by atoms with Gasteiger partial charge in [-0.2, -0.15) is 0 Å². The van der Waals surface area contributed by atoms with Crippen LogP contribution in [0.4, 0.5) is 0 Å². The summed E-state index contributed by atoms with van der Waals surface area (Å²) in [6.07, 6.45) is 8.37. The van der Waals surface area contributed by atoms with Crippen LogP contribution in [0.3, 0.4) is 0 Å². The Bertz CT molecular complexity index is 1450. The molecule has 4 heterocycles. The molecule has 12 heteroatoms. The van der Waals surface area contributed by atoms with Crippen LogP contribution < -0.4 is 11.5 Å². The predicted molar refractivity (Wildman–Crippen MR) is 153 cm³/mol. The van der Waals surface area contributed by atoms with Gasteiger partial charge in [-0.05, 0) is 66.5 Å². The highest BCUT2D eigenvalue weighted by molar-refractivity contribution is 5.91. The van der Waals surface area contributed by atoms with Crippen molar-refractivity contribution in [2.45, 2.75) is 78.6 Å². The zero-order valence-corrected chi connectivity index (χ0v) is 24.2. The molecule has 0 aliphatic heterocycles. The Kier molecular flexibility index (Phi) is 9.93. The van der Waals surface area contributed by atoms with Gasteiger partial charge in [-0.1, -0.05) is 0 Å². The summed E-state index contributed by atoms with van der Waals surface area (Å²) in [5, 5.41) is 0. The fourth-order valence-corrected chi connectivity index (χ4v) is 3.72. The van der Waals surface area contributed by atoms with Gasteiger partial charge in [0.2, 0.25) is 0 Å². The van der Waals surface area contributed by atoms with Crippen molar-refractivity contribution < 1.29 is 19.1 Å². The number of fused-ring (bicyclic) bond motifs is 2. The fourth-order valence-electron chi connectivity index (χ4n) is 3.72. The van der Waals surface area contributed by atoms with Crippen LogP contribution in [-0.4, -0.2) is 65.3 Å². The zero-order chi connectivity index (χ0) is 29.5. The lowest BCUT2D eigenvalue weighted by atomic mass is 10.0. The number of hydrogen-bond acceptors (Lipinski definition) is 10. The Balaban J connectivity index is 0.000000220. The van der Waals surface area contributed by atoms with Crippen molar-refractivity contribution in [2.24, 2.45) is 11.5 Å². The van der Waals surface area contributed by atoms with Crippen LogP contribution in [0, 0.1) is 0 Å². The third-order valence-corrected chi connectivity index (χ3v) is 5.98. The minimum absolute atomic E-state index is 0.227. The van der Waals surface area contributed by atoms with E-state index >= 15 is 0 Å². The summed E-state index contributed by atoms with van der Waals surface area (Å²) < 4.78 is 13.9. The zero-order valence-electron chi connectivity index (χ0n) is 24.2. The highest BCUT2D eigenvalue weighted by Gasteiger charge is 2.16. The number of carbonyl (C=O) groups excluding carboxylic acids is 2. The lowest BCUT2D eigenvalue weighted by Crippen LogP contribution is -2.33. The molecule has 0 unspecified atom stereocenters. The average molecular weight is 553 g/mol. The summed E-state index contributed by atoms with van der Waals surface area (Å²) in [5.41, 5.74) is 15.3. The molecule has 216 valence electrons. The quantitative estimate of drug-likeness (QED) is 0.278. The van der Waals surface area contributed by atoms with Crippen LogP contribution in [0.5, 0.6) is 0 Å². The van der Waals surface area contributed by atoms with Gasteiger partial charge in [-0.15, -0.1) is 0 Å². The standard InChI is InChI=1S/2C14H20N4O2/c1-4-20-13(19)10-7-12-11(8-16-10)17-9-18(12)6-5-14(2,3)15;1-4-20-13(19)11-7-10-12(8-16-11)18(9-17-10)6-5-14(2,3)15/h2*7-9H,4-6,15H2,1-3H3. The number of imidazole rings is 2. The fraction of sp³-hybridized carbons (Fsp3) is 0.500. The number of rotatable bonds is 10. The minimum atomic E-state index is -0.424. The van der Waals surface area contributed by atoms with Crippen molar-refractivity contribution in [1.82, 2.24) is 29.1 Å². The average Bonchev–Trinajstić information content (AvgIpc) is 3.49. The summed E-state index contributed by atoms with van der Waals surface area (Å²) in [6, 6.07) is 3.36. The maximum absolute atomic E-state index is 11.7. The first-order chi connectivity index (χ1) is 18.8. The van der Waals surface area contributed by atoms with Gasteiger partial charge in [-0.3, -0.25) is 0 Å². The van der Waals surface area contributed by atoms with E-state index in [-0.39, 0.29) is 16.8 Å². The number of nitrogens with two attached hydrogens (primary N) is 2. The maximum Gasteiger partial charge on any atom is 0.356 e. The first-order valence-corrected chi connectivity index (χ1v) is 13.3. The lowest BCUT2D eigenvalue weighted by molar-refractivity contribution is 0.0510. The van der Waals surface area contributed by atoms with Crippen molar-refractivity contribution in [2.75, 3.05) is 13.2 Å². The van der Waals surface area contributed by atoms with Gasteiger partial charge < -0.3 is 30.1 Å². The Morgan fingerprint density at radius 3 is 1.73 bits per heavy atom. The molecule has 4 aromatic rings. The van der Waals surface area contributed by atoms with E-state index in [1.807, 2.05) is 36.8 Å². The SMILES string of the molecule is CCOC(=O)c1cc2c(cn1)ncn2CCC(C)(C)N.CCOC(=O)c1cc2ncn(CCC(C)(C)N)c2cn1. The van der Waals surface area contributed by atoms with E-state index in [0.717, 1.165) is 48.0 Å². The number of aryl methyl sites for hydroxylation is 2. The second kappa shape index (κ2) is 13.0. The second-order valence-corrected chi connectivity index (χ2v) is 10.9. The third-order valence-electron chi connectivity index (χ3n) is 5.98. The normalized spacial score (nSPS) is 11.8. The van der Waals surface area contributed by atoms with Gasteiger partial charge in [-0.25, -0.2) is 29.5 Å². The van der Waals surface area contributed by atoms with E-state index in [1.165, 1.54) is 0 Å². The van der Waals surface area contributed by atoms with Crippen LogP contribution in [0.15, 0.2) is 37.2 Å². The van der Waals surface area contributed by atoms with Gasteiger partial charge in [0.25, 0.3) is 0 Å². The molecule has 0 saturated heterocycles. The van der Waals surface area contributed by atoms with Crippen LogP contribution in [0.1, 0.15) is 75.4 Å². The molecule has 0 atom stereocenters. The molecule has 4 N–H and O–H groups in total. The number of aromatic nitrogens is 6. The summed E-state index contributed by atoms with van der Waals surface area (Å²) in [6.45, 7) is 13.6. The van der Waals surface area contributed by atoms with Gasteiger partial charge in [0.05, 0.1) is 54.8 Å². The molecule has 12 nitrogen and oxygen atoms in total. The van der Waals surface area contributed by atoms with Crippen molar-refractivity contribution in [3.63, 3.8) is 0 Å². The van der Waals surface area contributed by atoms with Crippen molar-refractivity contribution >= 4 is 34.0 Å². The predicted octanol–water partition coefficient (Wildman–Crippen LogP) is 3.47. The van der Waals surface area contributed by atoms with E-state index in [0.29, 0.717) is 18.9 Å². The van der Waals surface area contributed by atoms with Crippen LogP contribution in [-0.2, 0) is 22.6 Å². The van der Waals surface area contributed by atoms with E-state index in [9.17, 15) is 9.59 Å². The summed E-state index contributed by atoms with van der Waals surface area (Å²) >= 11 is 0. The molecular weight excluding hydrogens is 512 g/mol. The summed E-state index contributed by atoms with van der Waals surface area (Å²) in [4.78, 5) is 40.1. The van der Waals surface area contributed by atoms with Crippen molar-refractivity contribution in [3.8, 4) is 0 Å². The van der Waals surface area contributed by atoms with E-state index in [1.54, 1.807) is 51.0 Å². The number of pyridine rings is 2. The molecule has 0 saturated carbocycles. The van der Waals surface area contributed by atoms with Gasteiger partial charge in [0.1, 0.15) is 5.52 Å². The lowest BCUT2D eigenvalue weighted by Gasteiger charge is -2.18. The number of nitrogens with zero attached hydrogens (tertiary/aromatic N) is 6. The number of hydrogen-bond donors (Lipinski definition) is 2. The van der Waals surface area contributed by atoms with Gasteiger partial charge >= 0.3 is 11.9 Å². The molecule has 4 rings (SSSR count). The molecule has 0 amide bonds. The number of ether oxygens (including phenoxy) is 2. The van der Waals surface area contributed by atoms with Crippen LogP contribution >= 0.6 is 0 Å². The van der Waals surface area contributed by atoms with Crippen LogP contribution in [0.2, 0.25) is 0 Å². The van der Waals surface area contributed by atoms with Crippen molar-refractivity contribution in [3.05, 3.63) is 48.6 Å². The van der Waals surface area contributed by atoms with E-state index in [2.05, 4.69) is 19.9 Å². The smallest absolute Gasteiger partial charge is 0.356 e. The molecule has 0 fully saturated rings. The summed E-state index contributed by atoms with van der Waals surface area (Å²) in [7, 11) is 0. The molecule has 0 aliphatic carbocycles. The first kappa shape index (κ1) is 30.6. The maximum atomic E-state index is 11.7. The Morgan fingerprint density at radius 1 is 0.725 bits per heavy atom. The Labute approximate surface area is 234 Å². The van der Waals surface area contributed by atoms with Gasteiger partial charge in [0, 0.05) is 24.2 Å². The minimum Gasteiger partial charge on any atom is -0.461 e. The number of carbonyl (C=O) groups is 2. The second-order valence-electron chi connectivity index (χ2n) is 10.9. The Morgan fingerprint density at radius 2 is 1.20 bits per heavy atom. The molecule has 0 aromatic carbocycles. The summed E-state index contributed by atoms with van der Waals surface area (Å²) in [5.74, 6) is -0.839. The Hall–Kier alpha value is -3.90. The molecule has 0 aliphatic rings. The molecule has 0 bridgehead atoms. The highest BCUT2D eigenvalue weighted by Crippen LogP contribution is 2.17. The first-order valence-electron chi connectivity index (χ1n) is 13.3. The number of esters is 2.